The van der Waals surface area contributed by atoms with Crippen molar-refractivity contribution in [2.75, 3.05) is 30.3 Å². The van der Waals surface area contributed by atoms with Gasteiger partial charge in [-0.05, 0) is 44.5 Å². The van der Waals surface area contributed by atoms with E-state index in [4.69, 9.17) is 15.2 Å². The number of nitrogen functional groups attached to an aromatic ring is 1. The molecule has 2 aromatic heterocycles. The zero-order valence-electron chi connectivity index (χ0n) is 22.7. The first-order chi connectivity index (χ1) is 19.2. The highest BCUT2D eigenvalue weighted by atomic mass is 16.6. The van der Waals surface area contributed by atoms with Gasteiger partial charge in [-0.2, -0.15) is 5.10 Å². The monoisotopic (exact) mass is 541 g/mol. The molecule has 1 aliphatic rings. The summed E-state index contributed by atoms with van der Waals surface area (Å²) in [6.07, 6.45) is 2.78. The molecule has 0 aliphatic carbocycles. The molecule has 3 heterocycles. The number of ether oxygens (including phenoxy) is 2. The maximum atomic E-state index is 12.9. The highest BCUT2D eigenvalue weighted by Crippen LogP contribution is 2.31. The molecule has 0 bridgehead atoms. The number of amides is 2. The van der Waals surface area contributed by atoms with Crippen LogP contribution in [0.15, 0.2) is 73.1 Å². The topological polar surface area (TPSA) is 129 Å². The van der Waals surface area contributed by atoms with Crippen LogP contribution in [-0.2, 0) is 16.1 Å². The van der Waals surface area contributed by atoms with E-state index in [0.717, 1.165) is 11.1 Å². The van der Waals surface area contributed by atoms with E-state index in [0.29, 0.717) is 42.5 Å². The molecule has 1 saturated heterocycles. The quantitative estimate of drug-likeness (QED) is 0.387. The molecule has 0 radical (unpaired) electrons. The van der Waals surface area contributed by atoms with Crippen LogP contribution < -0.4 is 15.4 Å². The third-order valence-electron chi connectivity index (χ3n) is 6.20. The van der Waals surface area contributed by atoms with Gasteiger partial charge in [0.1, 0.15) is 30.2 Å². The molecule has 40 heavy (non-hydrogen) atoms. The van der Waals surface area contributed by atoms with Gasteiger partial charge in [0.15, 0.2) is 5.82 Å². The summed E-state index contributed by atoms with van der Waals surface area (Å²) < 4.78 is 13.1. The Bertz CT molecular complexity index is 1510. The standard InChI is InChI=1S/C29H31N7O4/c1-29(2,3)40-28(38)34-13-14-35(26(37)18-34)21-16-31-36(17-21)24-15-23(32-33-27(24)30)22-11-7-8-12-25(22)39-19-20-9-5-4-6-10-20/h4-12,15-17H,13-14,18-19H2,1-3H3,(H2,30,33). The predicted molar refractivity (Wildman–Crippen MR) is 150 cm³/mol. The molecular formula is C29H31N7O4. The van der Waals surface area contributed by atoms with Crippen LogP contribution in [0.25, 0.3) is 16.9 Å². The molecule has 206 valence electrons. The van der Waals surface area contributed by atoms with Crippen molar-refractivity contribution >= 4 is 23.5 Å². The van der Waals surface area contributed by atoms with Crippen LogP contribution in [-0.4, -0.2) is 62.1 Å². The Balaban J connectivity index is 1.33. The van der Waals surface area contributed by atoms with Crippen LogP contribution in [0.5, 0.6) is 5.75 Å². The Kier molecular flexibility index (Phi) is 7.37. The smallest absolute Gasteiger partial charge is 0.410 e. The second kappa shape index (κ2) is 11.0. The van der Waals surface area contributed by atoms with E-state index < -0.39 is 11.7 Å². The number of piperazine rings is 1. The van der Waals surface area contributed by atoms with Gasteiger partial charge in [0.2, 0.25) is 5.91 Å². The maximum Gasteiger partial charge on any atom is 0.410 e. The van der Waals surface area contributed by atoms with E-state index in [-0.39, 0.29) is 18.3 Å². The van der Waals surface area contributed by atoms with E-state index in [1.165, 1.54) is 4.90 Å². The summed E-state index contributed by atoms with van der Waals surface area (Å²) in [4.78, 5) is 28.3. The van der Waals surface area contributed by atoms with Gasteiger partial charge in [-0.1, -0.05) is 42.5 Å². The van der Waals surface area contributed by atoms with Crippen LogP contribution in [0.2, 0.25) is 0 Å². The highest BCUT2D eigenvalue weighted by Gasteiger charge is 2.31. The lowest BCUT2D eigenvalue weighted by Gasteiger charge is -2.34. The van der Waals surface area contributed by atoms with Crippen molar-refractivity contribution in [1.29, 1.82) is 0 Å². The van der Waals surface area contributed by atoms with Crippen molar-refractivity contribution in [3.05, 3.63) is 78.6 Å². The van der Waals surface area contributed by atoms with E-state index in [9.17, 15) is 9.59 Å². The highest BCUT2D eigenvalue weighted by molar-refractivity contribution is 5.97. The summed E-state index contributed by atoms with van der Waals surface area (Å²) in [7, 11) is 0. The van der Waals surface area contributed by atoms with E-state index >= 15 is 0 Å². The SMILES string of the molecule is CC(C)(C)OC(=O)N1CCN(c2cnn(-c3cc(-c4ccccc4OCc4ccccc4)nnc3N)c2)C(=O)C1. The second-order valence-electron chi connectivity index (χ2n) is 10.4. The van der Waals surface area contributed by atoms with Gasteiger partial charge >= 0.3 is 6.09 Å². The molecular weight excluding hydrogens is 510 g/mol. The van der Waals surface area contributed by atoms with E-state index in [1.807, 2.05) is 54.6 Å². The van der Waals surface area contributed by atoms with Gasteiger partial charge in [0.25, 0.3) is 0 Å². The number of rotatable bonds is 6. The predicted octanol–water partition coefficient (Wildman–Crippen LogP) is 4.07. The maximum absolute atomic E-state index is 12.9. The number of nitrogens with two attached hydrogens (primary N) is 1. The fourth-order valence-electron chi connectivity index (χ4n) is 4.26. The summed E-state index contributed by atoms with van der Waals surface area (Å²) >= 11 is 0. The number of aromatic nitrogens is 4. The van der Waals surface area contributed by atoms with Crippen LogP contribution in [0.1, 0.15) is 26.3 Å². The molecule has 11 heteroatoms. The van der Waals surface area contributed by atoms with Crippen LogP contribution in [0, 0.1) is 0 Å². The second-order valence-corrected chi connectivity index (χ2v) is 10.4. The molecule has 1 aliphatic heterocycles. The van der Waals surface area contributed by atoms with Gasteiger partial charge in [-0.3, -0.25) is 9.69 Å². The van der Waals surface area contributed by atoms with Crippen LogP contribution >= 0.6 is 0 Å². The summed E-state index contributed by atoms with van der Waals surface area (Å²) in [6, 6.07) is 19.3. The lowest BCUT2D eigenvalue weighted by molar-refractivity contribution is -0.121. The minimum atomic E-state index is -0.635. The number of carbonyl (C=O) groups excluding carboxylic acids is 2. The Hall–Kier alpha value is -4.93. The van der Waals surface area contributed by atoms with E-state index in [1.54, 1.807) is 48.8 Å². The number of benzene rings is 2. The van der Waals surface area contributed by atoms with Crippen molar-refractivity contribution in [2.24, 2.45) is 0 Å². The summed E-state index contributed by atoms with van der Waals surface area (Å²) in [5.74, 6) is 0.607. The molecule has 0 atom stereocenters. The number of para-hydroxylation sites is 1. The van der Waals surface area contributed by atoms with E-state index in [2.05, 4.69) is 15.3 Å². The van der Waals surface area contributed by atoms with Crippen molar-refractivity contribution in [2.45, 2.75) is 33.0 Å². The molecule has 2 aromatic carbocycles. The molecule has 5 rings (SSSR count). The van der Waals surface area contributed by atoms with Gasteiger partial charge in [-0.15, -0.1) is 10.2 Å². The lowest BCUT2D eigenvalue weighted by Crippen LogP contribution is -2.53. The molecule has 0 unspecified atom stereocenters. The molecule has 0 spiro atoms. The minimum absolute atomic E-state index is 0.0804. The third kappa shape index (κ3) is 6.04. The zero-order chi connectivity index (χ0) is 28.3. The number of nitrogens with zero attached hydrogens (tertiary/aromatic N) is 6. The normalized spacial score (nSPS) is 13.8. The van der Waals surface area contributed by atoms with Crippen molar-refractivity contribution < 1.29 is 19.1 Å². The largest absolute Gasteiger partial charge is 0.488 e. The summed E-state index contributed by atoms with van der Waals surface area (Å²) in [6.45, 7) is 6.35. The third-order valence-corrected chi connectivity index (χ3v) is 6.20. The lowest BCUT2D eigenvalue weighted by atomic mass is 10.1. The molecule has 2 N–H and O–H groups in total. The summed E-state index contributed by atoms with van der Waals surface area (Å²) in [5.41, 5.74) is 9.01. The first-order valence-corrected chi connectivity index (χ1v) is 12.9. The van der Waals surface area contributed by atoms with Gasteiger partial charge < -0.3 is 20.1 Å². The zero-order valence-corrected chi connectivity index (χ0v) is 22.7. The Morgan fingerprint density at radius 2 is 1.77 bits per heavy atom. The van der Waals surface area contributed by atoms with Crippen LogP contribution in [0.3, 0.4) is 0 Å². The first-order valence-electron chi connectivity index (χ1n) is 12.9. The van der Waals surface area contributed by atoms with Gasteiger partial charge in [0, 0.05) is 18.7 Å². The molecule has 1 fully saturated rings. The fourth-order valence-corrected chi connectivity index (χ4v) is 4.26. The Labute approximate surface area is 232 Å². The molecule has 4 aromatic rings. The minimum Gasteiger partial charge on any atom is -0.488 e. The van der Waals surface area contributed by atoms with Gasteiger partial charge in [-0.25, -0.2) is 9.48 Å². The molecule has 11 nitrogen and oxygen atoms in total. The Morgan fingerprint density at radius 3 is 2.52 bits per heavy atom. The molecule has 0 saturated carbocycles. The number of carbonyl (C=O) groups is 2. The average molecular weight is 542 g/mol. The Morgan fingerprint density at radius 1 is 1.02 bits per heavy atom. The van der Waals surface area contributed by atoms with Gasteiger partial charge in [0.05, 0.1) is 23.8 Å². The number of anilines is 2. The summed E-state index contributed by atoms with van der Waals surface area (Å²) in [5, 5.41) is 12.9. The van der Waals surface area contributed by atoms with Crippen molar-refractivity contribution in [3.8, 4) is 22.7 Å². The fraction of sp³-hybridized carbons (Fsp3) is 0.276. The first kappa shape index (κ1) is 26.7. The van der Waals surface area contributed by atoms with Crippen molar-refractivity contribution in [1.82, 2.24) is 24.9 Å². The average Bonchev–Trinajstić information content (AvgIpc) is 3.42. The number of hydrogen-bond acceptors (Lipinski definition) is 8. The van der Waals surface area contributed by atoms with Crippen molar-refractivity contribution in [3.63, 3.8) is 0 Å². The molecule has 2 amide bonds. The van der Waals surface area contributed by atoms with Crippen LogP contribution in [0.4, 0.5) is 16.3 Å². The number of hydrogen-bond donors (Lipinski definition) is 1.